The van der Waals surface area contributed by atoms with Crippen LogP contribution in [0.2, 0.25) is 0 Å². The van der Waals surface area contributed by atoms with E-state index in [2.05, 4.69) is 31.0 Å². The second kappa shape index (κ2) is 6.36. The van der Waals surface area contributed by atoms with E-state index in [0.29, 0.717) is 17.6 Å². The summed E-state index contributed by atoms with van der Waals surface area (Å²) < 4.78 is 5.85. The summed E-state index contributed by atoms with van der Waals surface area (Å²) in [5.41, 5.74) is 0.654. The SMILES string of the molecule is CCCC1(CNCC2CN(C(C)C)CCO2)CC1. The molecule has 3 heteroatoms. The van der Waals surface area contributed by atoms with Crippen molar-refractivity contribution < 1.29 is 4.74 Å². The van der Waals surface area contributed by atoms with E-state index in [4.69, 9.17) is 4.74 Å². The molecule has 3 nitrogen and oxygen atoms in total. The van der Waals surface area contributed by atoms with Crippen molar-refractivity contribution >= 4 is 0 Å². The van der Waals surface area contributed by atoms with Gasteiger partial charge in [0, 0.05) is 32.2 Å². The van der Waals surface area contributed by atoms with Crippen LogP contribution in [-0.4, -0.2) is 49.8 Å². The van der Waals surface area contributed by atoms with Gasteiger partial charge in [-0.2, -0.15) is 0 Å². The summed E-state index contributed by atoms with van der Waals surface area (Å²) in [6, 6.07) is 0.645. The molecule has 0 bridgehead atoms. The number of ether oxygens (including phenoxy) is 1. The lowest BCUT2D eigenvalue weighted by atomic mass is 10.0. The first-order valence-electron chi connectivity index (χ1n) is 7.71. The van der Waals surface area contributed by atoms with Gasteiger partial charge in [-0.1, -0.05) is 13.3 Å². The number of rotatable bonds is 7. The summed E-state index contributed by atoms with van der Waals surface area (Å²) >= 11 is 0. The Balaban J connectivity index is 1.64. The van der Waals surface area contributed by atoms with Gasteiger partial charge in [0.25, 0.3) is 0 Å². The average molecular weight is 254 g/mol. The molecule has 1 unspecified atom stereocenters. The average Bonchev–Trinajstić information content (AvgIpc) is 3.10. The number of hydrogen-bond acceptors (Lipinski definition) is 3. The Morgan fingerprint density at radius 2 is 2.17 bits per heavy atom. The molecule has 2 fully saturated rings. The molecule has 1 aliphatic carbocycles. The van der Waals surface area contributed by atoms with Gasteiger partial charge in [0.2, 0.25) is 0 Å². The summed E-state index contributed by atoms with van der Waals surface area (Å²) in [5.74, 6) is 0. The number of morpholine rings is 1. The number of nitrogens with zero attached hydrogens (tertiary/aromatic N) is 1. The second-order valence-electron chi connectivity index (χ2n) is 6.46. The van der Waals surface area contributed by atoms with Crippen molar-refractivity contribution in [3.63, 3.8) is 0 Å². The Labute approximate surface area is 112 Å². The molecular weight excluding hydrogens is 224 g/mol. The first-order valence-corrected chi connectivity index (χ1v) is 7.71. The van der Waals surface area contributed by atoms with Gasteiger partial charge < -0.3 is 10.1 Å². The van der Waals surface area contributed by atoms with Gasteiger partial charge >= 0.3 is 0 Å². The second-order valence-corrected chi connectivity index (χ2v) is 6.46. The maximum atomic E-state index is 5.85. The maximum Gasteiger partial charge on any atom is 0.0826 e. The molecule has 0 spiro atoms. The lowest BCUT2D eigenvalue weighted by Gasteiger charge is -2.35. The largest absolute Gasteiger partial charge is 0.374 e. The van der Waals surface area contributed by atoms with Crippen LogP contribution in [0.4, 0.5) is 0 Å². The van der Waals surface area contributed by atoms with Gasteiger partial charge in [0.1, 0.15) is 0 Å². The zero-order chi connectivity index (χ0) is 13.0. The molecule has 0 aromatic carbocycles. The van der Waals surface area contributed by atoms with Crippen LogP contribution < -0.4 is 5.32 Å². The van der Waals surface area contributed by atoms with Gasteiger partial charge in [-0.15, -0.1) is 0 Å². The Morgan fingerprint density at radius 3 is 2.78 bits per heavy atom. The van der Waals surface area contributed by atoms with E-state index in [-0.39, 0.29) is 0 Å². The maximum absolute atomic E-state index is 5.85. The molecule has 1 heterocycles. The van der Waals surface area contributed by atoms with E-state index < -0.39 is 0 Å². The number of hydrogen-bond donors (Lipinski definition) is 1. The normalized spacial score (nSPS) is 27.7. The lowest BCUT2D eigenvalue weighted by Crippen LogP contribution is -2.49. The van der Waals surface area contributed by atoms with Crippen LogP contribution in [-0.2, 0) is 4.74 Å². The molecule has 0 aromatic rings. The molecule has 0 amide bonds. The Morgan fingerprint density at radius 1 is 1.39 bits per heavy atom. The molecule has 1 N–H and O–H groups in total. The van der Waals surface area contributed by atoms with Crippen LogP contribution in [0.5, 0.6) is 0 Å². The molecule has 0 aromatic heterocycles. The van der Waals surface area contributed by atoms with Crippen molar-refractivity contribution in [2.75, 3.05) is 32.8 Å². The molecule has 2 rings (SSSR count). The molecule has 106 valence electrons. The minimum absolute atomic E-state index is 0.388. The summed E-state index contributed by atoms with van der Waals surface area (Å²) in [4.78, 5) is 2.52. The molecule has 0 radical (unpaired) electrons. The van der Waals surface area contributed by atoms with Gasteiger partial charge in [0.15, 0.2) is 0 Å². The van der Waals surface area contributed by atoms with Crippen LogP contribution in [0.1, 0.15) is 46.5 Å². The zero-order valence-electron chi connectivity index (χ0n) is 12.4. The summed E-state index contributed by atoms with van der Waals surface area (Å²) in [6.45, 7) is 12.1. The molecule has 1 atom stereocenters. The highest BCUT2D eigenvalue weighted by Gasteiger charge is 2.40. The van der Waals surface area contributed by atoms with Crippen LogP contribution in [0.25, 0.3) is 0 Å². The molecule has 2 aliphatic rings. The van der Waals surface area contributed by atoms with E-state index >= 15 is 0 Å². The van der Waals surface area contributed by atoms with Crippen LogP contribution >= 0.6 is 0 Å². The van der Waals surface area contributed by atoms with E-state index in [9.17, 15) is 0 Å². The van der Waals surface area contributed by atoms with Crippen molar-refractivity contribution in [2.45, 2.75) is 58.6 Å². The highest BCUT2D eigenvalue weighted by atomic mass is 16.5. The molecule has 1 saturated heterocycles. The van der Waals surface area contributed by atoms with Gasteiger partial charge in [0.05, 0.1) is 12.7 Å². The van der Waals surface area contributed by atoms with Crippen molar-refractivity contribution in [3.8, 4) is 0 Å². The fourth-order valence-corrected chi connectivity index (χ4v) is 3.06. The Hall–Kier alpha value is -0.120. The quantitative estimate of drug-likeness (QED) is 0.754. The van der Waals surface area contributed by atoms with E-state index in [1.54, 1.807) is 0 Å². The predicted molar refractivity (Wildman–Crippen MR) is 75.9 cm³/mol. The van der Waals surface area contributed by atoms with Gasteiger partial charge in [-0.3, -0.25) is 4.90 Å². The Bertz CT molecular complexity index is 251. The fourth-order valence-electron chi connectivity index (χ4n) is 3.06. The van der Waals surface area contributed by atoms with Crippen molar-refractivity contribution in [3.05, 3.63) is 0 Å². The van der Waals surface area contributed by atoms with Gasteiger partial charge in [-0.25, -0.2) is 0 Å². The number of nitrogens with one attached hydrogen (secondary N) is 1. The Kier molecular flexibility index (Phi) is 5.05. The van der Waals surface area contributed by atoms with Crippen molar-refractivity contribution in [2.24, 2.45) is 5.41 Å². The minimum Gasteiger partial charge on any atom is -0.374 e. The van der Waals surface area contributed by atoms with E-state index in [1.807, 2.05) is 0 Å². The summed E-state index contributed by atoms with van der Waals surface area (Å²) in [6.07, 6.45) is 5.96. The third-order valence-corrected chi connectivity index (χ3v) is 4.51. The highest BCUT2D eigenvalue weighted by molar-refractivity contribution is 4.94. The summed E-state index contributed by atoms with van der Waals surface area (Å²) in [7, 11) is 0. The van der Waals surface area contributed by atoms with E-state index in [1.165, 1.54) is 32.2 Å². The summed E-state index contributed by atoms with van der Waals surface area (Å²) in [5, 5.41) is 3.65. The van der Waals surface area contributed by atoms with Crippen LogP contribution in [0.15, 0.2) is 0 Å². The zero-order valence-corrected chi connectivity index (χ0v) is 12.4. The molecule has 18 heavy (non-hydrogen) atoms. The monoisotopic (exact) mass is 254 g/mol. The fraction of sp³-hybridized carbons (Fsp3) is 1.00. The topological polar surface area (TPSA) is 24.5 Å². The molecule has 1 aliphatic heterocycles. The van der Waals surface area contributed by atoms with Crippen molar-refractivity contribution in [1.82, 2.24) is 10.2 Å². The third kappa shape index (κ3) is 3.94. The molecular formula is C15H30N2O. The smallest absolute Gasteiger partial charge is 0.0826 e. The standard InChI is InChI=1S/C15H30N2O/c1-4-5-15(6-7-15)12-16-10-14-11-17(13(2)3)8-9-18-14/h13-14,16H,4-12H2,1-3H3. The van der Waals surface area contributed by atoms with Crippen LogP contribution in [0, 0.1) is 5.41 Å². The van der Waals surface area contributed by atoms with Crippen molar-refractivity contribution in [1.29, 1.82) is 0 Å². The first kappa shape index (κ1) is 14.3. The predicted octanol–water partition coefficient (Wildman–Crippen LogP) is 2.27. The highest BCUT2D eigenvalue weighted by Crippen LogP contribution is 2.48. The first-order chi connectivity index (χ1) is 8.65. The van der Waals surface area contributed by atoms with Crippen LogP contribution in [0.3, 0.4) is 0 Å². The van der Waals surface area contributed by atoms with Gasteiger partial charge in [-0.05, 0) is 38.5 Å². The molecule has 1 saturated carbocycles. The third-order valence-electron chi connectivity index (χ3n) is 4.51. The minimum atomic E-state index is 0.388. The van der Waals surface area contributed by atoms with E-state index in [0.717, 1.165) is 26.2 Å². The lowest BCUT2D eigenvalue weighted by molar-refractivity contribution is -0.0375.